The molecular weight excluding hydrogens is 316 g/mol. The van der Waals surface area contributed by atoms with Crippen molar-refractivity contribution in [1.29, 1.82) is 0 Å². The monoisotopic (exact) mass is 338 g/mol. The molecule has 1 atom stereocenters. The topological polar surface area (TPSA) is 71.9 Å². The van der Waals surface area contributed by atoms with Crippen LogP contribution in [0.1, 0.15) is 30.0 Å². The molecule has 0 saturated carbocycles. The molecule has 7 heteroatoms. The van der Waals surface area contributed by atoms with Gasteiger partial charge in [0, 0.05) is 62.0 Å². The number of H-pyrrole nitrogens is 1. The van der Waals surface area contributed by atoms with Crippen molar-refractivity contribution in [3.05, 3.63) is 60.1 Å². The van der Waals surface area contributed by atoms with Crippen LogP contribution in [0.4, 0.5) is 0 Å². The van der Waals surface area contributed by atoms with Gasteiger partial charge in [0.05, 0.1) is 18.8 Å². The summed E-state index contributed by atoms with van der Waals surface area (Å²) in [5.41, 5.74) is 2.43. The molecule has 3 aromatic heterocycles. The van der Waals surface area contributed by atoms with Crippen LogP contribution in [0.15, 0.2) is 43.0 Å². The molecule has 7 nitrogen and oxygen atoms in total. The van der Waals surface area contributed by atoms with E-state index in [-0.39, 0.29) is 6.04 Å². The van der Waals surface area contributed by atoms with Gasteiger partial charge in [-0.05, 0) is 13.0 Å². The summed E-state index contributed by atoms with van der Waals surface area (Å²) < 4.78 is 8.05. The molecule has 1 aliphatic heterocycles. The van der Waals surface area contributed by atoms with Gasteiger partial charge in [0.25, 0.3) is 0 Å². The Hall–Kier alpha value is -2.67. The zero-order chi connectivity index (χ0) is 17.1. The molecule has 4 heterocycles. The third-order valence-corrected chi connectivity index (χ3v) is 4.69. The largest absolute Gasteiger partial charge is 0.477 e. The number of fused-ring (bicyclic) bond motifs is 1. The molecule has 0 saturated heterocycles. The van der Waals surface area contributed by atoms with Crippen LogP contribution in [-0.2, 0) is 19.5 Å². The summed E-state index contributed by atoms with van der Waals surface area (Å²) >= 11 is 0. The average Bonchev–Trinajstić information content (AvgIpc) is 3.29. The number of ether oxygens (including phenoxy) is 1. The van der Waals surface area contributed by atoms with Crippen molar-refractivity contribution in [3.8, 4) is 5.88 Å². The molecule has 0 aliphatic carbocycles. The third kappa shape index (κ3) is 3.41. The standard InChI is InChI=1S/C18H22N6O/c1-14-18-20-12-16(5-9-25-17-4-2-3-6-19-17)24(18)8-7-23(14)13-15-10-21-22-11-15/h2-4,6,10-12,14H,5,7-9,13H2,1H3,(H,21,22). The molecule has 1 unspecified atom stereocenters. The Morgan fingerprint density at radius 3 is 3.00 bits per heavy atom. The number of pyridine rings is 1. The van der Waals surface area contributed by atoms with Gasteiger partial charge >= 0.3 is 0 Å². The second-order valence-electron chi connectivity index (χ2n) is 6.28. The van der Waals surface area contributed by atoms with Crippen LogP contribution in [0, 0.1) is 0 Å². The molecule has 3 aromatic rings. The highest BCUT2D eigenvalue weighted by Crippen LogP contribution is 2.26. The van der Waals surface area contributed by atoms with Crippen molar-refractivity contribution < 1.29 is 4.74 Å². The fourth-order valence-corrected chi connectivity index (χ4v) is 3.31. The molecule has 0 radical (unpaired) electrons. The van der Waals surface area contributed by atoms with Gasteiger partial charge in [0.15, 0.2) is 0 Å². The van der Waals surface area contributed by atoms with Crippen LogP contribution in [0.3, 0.4) is 0 Å². The number of aromatic nitrogens is 5. The molecule has 4 rings (SSSR count). The number of nitrogens with one attached hydrogen (secondary N) is 1. The summed E-state index contributed by atoms with van der Waals surface area (Å²) in [4.78, 5) is 11.3. The van der Waals surface area contributed by atoms with Crippen LogP contribution < -0.4 is 4.74 Å². The first-order valence-corrected chi connectivity index (χ1v) is 8.61. The van der Waals surface area contributed by atoms with Gasteiger partial charge in [0.1, 0.15) is 5.82 Å². The van der Waals surface area contributed by atoms with Gasteiger partial charge < -0.3 is 9.30 Å². The van der Waals surface area contributed by atoms with Gasteiger partial charge in [-0.2, -0.15) is 5.10 Å². The van der Waals surface area contributed by atoms with Gasteiger partial charge in [-0.25, -0.2) is 9.97 Å². The molecule has 1 N–H and O–H groups in total. The van der Waals surface area contributed by atoms with Crippen LogP contribution in [0.5, 0.6) is 5.88 Å². The van der Waals surface area contributed by atoms with E-state index in [2.05, 4.69) is 36.6 Å². The van der Waals surface area contributed by atoms with Crippen molar-refractivity contribution in [1.82, 2.24) is 29.6 Å². The molecule has 0 amide bonds. The Balaban J connectivity index is 1.39. The SMILES string of the molecule is CC1c2ncc(CCOc3ccccn3)n2CCN1Cc1cn[nH]c1. The van der Waals surface area contributed by atoms with Crippen molar-refractivity contribution in [3.63, 3.8) is 0 Å². The van der Waals surface area contributed by atoms with Gasteiger partial charge in [-0.3, -0.25) is 10.00 Å². The van der Waals surface area contributed by atoms with E-state index >= 15 is 0 Å². The summed E-state index contributed by atoms with van der Waals surface area (Å²) in [6, 6.07) is 5.98. The number of hydrogen-bond acceptors (Lipinski definition) is 5. The minimum absolute atomic E-state index is 0.286. The molecular formula is C18H22N6O. The van der Waals surface area contributed by atoms with Crippen molar-refractivity contribution in [2.75, 3.05) is 13.2 Å². The highest BCUT2D eigenvalue weighted by molar-refractivity contribution is 5.14. The predicted octanol–water partition coefficient (Wildman–Crippen LogP) is 2.20. The quantitative estimate of drug-likeness (QED) is 0.746. The number of nitrogens with zero attached hydrogens (tertiary/aromatic N) is 5. The van der Waals surface area contributed by atoms with Crippen LogP contribution in [0.2, 0.25) is 0 Å². The molecule has 0 spiro atoms. The molecule has 0 fully saturated rings. The summed E-state index contributed by atoms with van der Waals surface area (Å²) in [7, 11) is 0. The lowest BCUT2D eigenvalue weighted by molar-refractivity contribution is 0.154. The lowest BCUT2D eigenvalue weighted by atomic mass is 10.2. The number of hydrogen-bond donors (Lipinski definition) is 1. The fraction of sp³-hybridized carbons (Fsp3) is 0.389. The molecule has 1 aliphatic rings. The summed E-state index contributed by atoms with van der Waals surface area (Å²) in [6.07, 6.45) is 8.39. The van der Waals surface area contributed by atoms with E-state index in [1.54, 1.807) is 6.20 Å². The van der Waals surface area contributed by atoms with E-state index in [4.69, 9.17) is 4.74 Å². The Morgan fingerprint density at radius 2 is 2.20 bits per heavy atom. The summed E-state index contributed by atoms with van der Waals surface area (Å²) in [6.45, 7) is 5.67. The molecule has 130 valence electrons. The first kappa shape index (κ1) is 15.8. The highest BCUT2D eigenvalue weighted by atomic mass is 16.5. The smallest absolute Gasteiger partial charge is 0.213 e. The van der Waals surface area contributed by atoms with E-state index in [0.29, 0.717) is 12.5 Å². The minimum atomic E-state index is 0.286. The van der Waals surface area contributed by atoms with Gasteiger partial charge in [0.2, 0.25) is 5.88 Å². The lowest BCUT2D eigenvalue weighted by Crippen LogP contribution is -2.37. The summed E-state index contributed by atoms with van der Waals surface area (Å²) in [5, 5.41) is 6.91. The Morgan fingerprint density at radius 1 is 1.24 bits per heavy atom. The second-order valence-corrected chi connectivity index (χ2v) is 6.28. The zero-order valence-electron chi connectivity index (χ0n) is 14.3. The van der Waals surface area contributed by atoms with E-state index in [0.717, 1.165) is 31.9 Å². The van der Waals surface area contributed by atoms with E-state index in [1.807, 2.05) is 36.8 Å². The number of aromatic amines is 1. The molecule has 25 heavy (non-hydrogen) atoms. The Kier molecular flexibility index (Phi) is 4.47. The van der Waals surface area contributed by atoms with Crippen LogP contribution in [-0.4, -0.2) is 42.8 Å². The first-order valence-electron chi connectivity index (χ1n) is 8.61. The van der Waals surface area contributed by atoms with Crippen molar-refractivity contribution >= 4 is 0 Å². The minimum Gasteiger partial charge on any atom is -0.477 e. The van der Waals surface area contributed by atoms with Gasteiger partial charge in [-0.1, -0.05) is 6.07 Å². The lowest BCUT2D eigenvalue weighted by Gasteiger charge is -2.34. The van der Waals surface area contributed by atoms with E-state index < -0.39 is 0 Å². The van der Waals surface area contributed by atoms with Crippen LogP contribution in [0.25, 0.3) is 0 Å². The first-order chi connectivity index (χ1) is 12.3. The number of rotatable bonds is 6. The maximum Gasteiger partial charge on any atom is 0.213 e. The Bertz CT molecular complexity index is 798. The number of imidazole rings is 1. The Labute approximate surface area is 146 Å². The van der Waals surface area contributed by atoms with Crippen LogP contribution >= 0.6 is 0 Å². The molecule has 0 bridgehead atoms. The average molecular weight is 338 g/mol. The maximum atomic E-state index is 5.72. The van der Waals surface area contributed by atoms with E-state index in [9.17, 15) is 0 Å². The fourth-order valence-electron chi connectivity index (χ4n) is 3.31. The van der Waals surface area contributed by atoms with E-state index in [1.165, 1.54) is 11.3 Å². The van der Waals surface area contributed by atoms with Crippen molar-refractivity contribution in [2.24, 2.45) is 0 Å². The normalized spacial score (nSPS) is 17.4. The second kappa shape index (κ2) is 7.06. The summed E-state index contributed by atoms with van der Waals surface area (Å²) in [5.74, 6) is 1.79. The predicted molar refractivity (Wildman–Crippen MR) is 93.1 cm³/mol. The maximum absolute atomic E-state index is 5.72. The van der Waals surface area contributed by atoms with Crippen molar-refractivity contribution in [2.45, 2.75) is 32.5 Å². The molecule has 0 aromatic carbocycles. The third-order valence-electron chi connectivity index (χ3n) is 4.69. The zero-order valence-corrected chi connectivity index (χ0v) is 14.3. The highest BCUT2D eigenvalue weighted by Gasteiger charge is 2.27. The van der Waals surface area contributed by atoms with Gasteiger partial charge in [-0.15, -0.1) is 0 Å².